The number of carboxylic acid groups (broad SMARTS) is 1. The molecular formula is C13H22N2O3. The first-order valence-electron chi connectivity index (χ1n) is 6.87. The summed E-state index contributed by atoms with van der Waals surface area (Å²) in [5.74, 6) is -0.277. The van der Waals surface area contributed by atoms with Gasteiger partial charge < -0.3 is 15.3 Å². The third-order valence-electron chi connectivity index (χ3n) is 4.18. The van der Waals surface area contributed by atoms with Crippen LogP contribution in [0, 0.1) is 5.92 Å². The monoisotopic (exact) mass is 254 g/mol. The van der Waals surface area contributed by atoms with E-state index in [1.54, 1.807) is 11.8 Å². The van der Waals surface area contributed by atoms with E-state index in [4.69, 9.17) is 5.11 Å². The first-order chi connectivity index (χ1) is 8.58. The molecule has 1 saturated heterocycles. The van der Waals surface area contributed by atoms with Gasteiger partial charge in [-0.3, -0.25) is 4.79 Å². The lowest BCUT2D eigenvalue weighted by atomic mass is 9.84. The maximum absolute atomic E-state index is 11.9. The second-order valence-electron chi connectivity index (χ2n) is 5.55. The van der Waals surface area contributed by atoms with Crippen LogP contribution in [0.25, 0.3) is 0 Å². The maximum Gasteiger partial charge on any atom is 0.318 e. The fraction of sp³-hybridized carbons (Fsp3) is 0.846. The van der Waals surface area contributed by atoms with Crippen LogP contribution in [0.5, 0.6) is 0 Å². The third kappa shape index (κ3) is 2.94. The Labute approximate surface area is 108 Å². The lowest BCUT2D eigenvalue weighted by Crippen LogP contribution is -2.37. The van der Waals surface area contributed by atoms with Crippen molar-refractivity contribution in [2.75, 3.05) is 6.54 Å². The van der Waals surface area contributed by atoms with E-state index in [9.17, 15) is 9.59 Å². The van der Waals surface area contributed by atoms with Crippen molar-refractivity contribution >= 4 is 12.0 Å². The van der Waals surface area contributed by atoms with Gasteiger partial charge in [-0.1, -0.05) is 19.3 Å². The minimum atomic E-state index is -0.851. The summed E-state index contributed by atoms with van der Waals surface area (Å²) in [4.78, 5) is 24.2. The lowest BCUT2D eigenvalue weighted by molar-refractivity contribution is -0.137. The smallest absolute Gasteiger partial charge is 0.318 e. The van der Waals surface area contributed by atoms with Crippen LogP contribution in [0.3, 0.4) is 0 Å². The van der Waals surface area contributed by atoms with Crippen LogP contribution in [0.4, 0.5) is 4.79 Å². The van der Waals surface area contributed by atoms with Gasteiger partial charge in [0.25, 0.3) is 0 Å². The van der Waals surface area contributed by atoms with Gasteiger partial charge in [0.15, 0.2) is 0 Å². The standard InChI is InChI=1S/C13H22N2O3/c1-9(7-12(16)17)15-8-11(14-13(15)18)10-5-3-2-4-6-10/h9-11H,2-8H2,1H3,(H,14,18)(H,16,17). The summed E-state index contributed by atoms with van der Waals surface area (Å²) in [7, 11) is 0. The summed E-state index contributed by atoms with van der Waals surface area (Å²) in [6.07, 6.45) is 6.20. The minimum Gasteiger partial charge on any atom is -0.481 e. The molecule has 1 aliphatic carbocycles. The molecule has 0 bridgehead atoms. The Morgan fingerprint density at radius 1 is 1.44 bits per heavy atom. The molecule has 0 aromatic rings. The van der Waals surface area contributed by atoms with Gasteiger partial charge in [-0.15, -0.1) is 0 Å². The summed E-state index contributed by atoms with van der Waals surface area (Å²) in [5, 5.41) is 11.8. The second kappa shape index (κ2) is 5.59. The molecule has 1 heterocycles. The molecule has 0 aromatic carbocycles. The van der Waals surface area contributed by atoms with E-state index in [0.29, 0.717) is 12.5 Å². The first-order valence-corrected chi connectivity index (χ1v) is 6.87. The van der Waals surface area contributed by atoms with Crippen LogP contribution in [-0.4, -0.2) is 40.6 Å². The first kappa shape index (κ1) is 13.2. The maximum atomic E-state index is 11.9. The van der Waals surface area contributed by atoms with Gasteiger partial charge >= 0.3 is 12.0 Å². The normalized spacial score (nSPS) is 27.1. The quantitative estimate of drug-likeness (QED) is 0.804. The molecule has 0 spiro atoms. The summed E-state index contributed by atoms with van der Waals surface area (Å²) in [5.41, 5.74) is 0. The second-order valence-corrected chi connectivity index (χ2v) is 5.55. The average Bonchev–Trinajstić information content (AvgIpc) is 2.72. The topological polar surface area (TPSA) is 69.6 Å². The highest BCUT2D eigenvalue weighted by Crippen LogP contribution is 2.29. The number of hydrogen-bond acceptors (Lipinski definition) is 2. The van der Waals surface area contributed by atoms with E-state index in [2.05, 4.69) is 5.32 Å². The van der Waals surface area contributed by atoms with E-state index in [1.807, 2.05) is 0 Å². The number of rotatable bonds is 4. The molecule has 5 heteroatoms. The number of carbonyl (C=O) groups excluding carboxylic acids is 1. The molecule has 2 rings (SSSR count). The van der Waals surface area contributed by atoms with Crippen LogP contribution >= 0.6 is 0 Å². The largest absolute Gasteiger partial charge is 0.481 e. The fourth-order valence-corrected chi connectivity index (χ4v) is 3.13. The zero-order chi connectivity index (χ0) is 13.1. The number of urea groups is 1. The van der Waals surface area contributed by atoms with Crippen LogP contribution in [0.2, 0.25) is 0 Å². The molecule has 2 unspecified atom stereocenters. The van der Waals surface area contributed by atoms with Crippen molar-refractivity contribution in [3.05, 3.63) is 0 Å². The average molecular weight is 254 g/mol. The zero-order valence-corrected chi connectivity index (χ0v) is 10.9. The highest BCUT2D eigenvalue weighted by atomic mass is 16.4. The van der Waals surface area contributed by atoms with Gasteiger partial charge in [0.05, 0.1) is 12.5 Å². The number of carbonyl (C=O) groups is 2. The molecule has 18 heavy (non-hydrogen) atoms. The number of amides is 2. The van der Waals surface area contributed by atoms with Crippen molar-refractivity contribution in [1.29, 1.82) is 0 Å². The highest BCUT2D eigenvalue weighted by molar-refractivity contribution is 5.78. The third-order valence-corrected chi connectivity index (χ3v) is 4.18. The van der Waals surface area contributed by atoms with Crippen LogP contribution in [0.1, 0.15) is 45.4 Å². The Morgan fingerprint density at radius 3 is 2.72 bits per heavy atom. The molecule has 2 fully saturated rings. The Kier molecular flexibility index (Phi) is 4.09. The molecule has 0 radical (unpaired) electrons. The van der Waals surface area contributed by atoms with Crippen molar-refractivity contribution in [3.63, 3.8) is 0 Å². The van der Waals surface area contributed by atoms with Gasteiger partial charge in [0.1, 0.15) is 0 Å². The number of carboxylic acids is 1. The molecule has 2 atom stereocenters. The van der Waals surface area contributed by atoms with Gasteiger partial charge in [0, 0.05) is 12.6 Å². The van der Waals surface area contributed by atoms with Gasteiger partial charge in [-0.05, 0) is 25.7 Å². The van der Waals surface area contributed by atoms with E-state index < -0.39 is 5.97 Å². The number of nitrogens with zero attached hydrogens (tertiary/aromatic N) is 1. The molecule has 1 saturated carbocycles. The van der Waals surface area contributed by atoms with Crippen molar-refractivity contribution in [1.82, 2.24) is 10.2 Å². The predicted molar refractivity (Wildman–Crippen MR) is 67.3 cm³/mol. The van der Waals surface area contributed by atoms with Gasteiger partial charge in [-0.25, -0.2) is 4.79 Å². The van der Waals surface area contributed by atoms with Crippen molar-refractivity contribution in [2.24, 2.45) is 5.92 Å². The van der Waals surface area contributed by atoms with Gasteiger partial charge in [-0.2, -0.15) is 0 Å². The molecule has 102 valence electrons. The van der Waals surface area contributed by atoms with E-state index >= 15 is 0 Å². The predicted octanol–water partition coefficient (Wildman–Crippen LogP) is 1.82. The summed E-state index contributed by atoms with van der Waals surface area (Å²) in [6.45, 7) is 2.47. The lowest BCUT2D eigenvalue weighted by Gasteiger charge is -2.27. The van der Waals surface area contributed by atoms with Crippen LogP contribution in [0.15, 0.2) is 0 Å². The van der Waals surface area contributed by atoms with Crippen molar-refractivity contribution < 1.29 is 14.7 Å². The number of nitrogens with one attached hydrogen (secondary N) is 1. The Morgan fingerprint density at radius 2 is 2.11 bits per heavy atom. The Bertz CT molecular complexity index is 326. The fourth-order valence-electron chi connectivity index (χ4n) is 3.13. The SMILES string of the molecule is CC(CC(=O)O)N1CC(C2CCCCC2)NC1=O. The molecular weight excluding hydrogens is 232 g/mol. The van der Waals surface area contributed by atoms with E-state index in [-0.39, 0.29) is 24.5 Å². The van der Waals surface area contributed by atoms with Gasteiger partial charge in [0.2, 0.25) is 0 Å². The molecule has 1 aliphatic heterocycles. The van der Waals surface area contributed by atoms with E-state index in [1.165, 1.54) is 32.1 Å². The Balaban J connectivity index is 1.91. The molecule has 0 aromatic heterocycles. The Hall–Kier alpha value is -1.26. The molecule has 2 N–H and O–H groups in total. The summed E-state index contributed by atoms with van der Waals surface area (Å²) in [6, 6.07) is -0.107. The molecule has 2 aliphatic rings. The molecule has 2 amide bonds. The number of aliphatic carboxylic acids is 1. The summed E-state index contributed by atoms with van der Waals surface area (Å²) < 4.78 is 0. The number of hydrogen-bond donors (Lipinski definition) is 2. The highest BCUT2D eigenvalue weighted by Gasteiger charge is 2.36. The van der Waals surface area contributed by atoms with Crippen LogP contribution in [-0.2, 0) is 4.79 Å². The molecule has 5 nitrogen and oxygen atoms in total. The van der Waals surface area contributed by atoms with Crippen LogP contribution < -0.4 is 5.32 Å². The summed E-state index contributed by atoms with van der Waals surface area (Å²) >= 11 is 0. The minimum absolute atomic E-state index is 0.0187. The zero-order valence-electron chi connectivity index (χ0n) is 10.9. The van der Waals surface area contributed by atoms with Crippen molar-refractivity contribution in [3.8, 4) is 0 Å². The van der Waals surface area contributed by atoms with Crippen molar-refractivity contribution in [2.45, 2.75) is 57.5 Å². The van der Waals surface area contributed by atoms with E-state index in [0.717, 1.165) is 0 Å².